The normalized spacial score (nSPS) is 20.7. The molecule has 1 atom stereocenters. The Labute approximate surface area is 93.4 Å². The van der Waals surface area contributed by atoms with Gasteiger partial charge in [-0.05, 0) is 25.5 Å². The van der Waals surface area contributed by atoms with Gasteiger partial charge in [0.1, 0.15) is 10.7 Å². The maximum absolute atomic E-state index is 10.4. The summed E-state index contributed by atoms with van der Waals surface area (Å²) in [6.07, 6.45) is 3.30. The molecular formula is C9H13ClN2O3. The van der Waals surface area contributed by atoms with Gasteiger partial charge in [0.2, 0.25) is 0 Å². The Kier molecular flexibility index (Phi) is 4.11. The monoisotopic (exact) mass is 232 g/mol. The Hall–Kier alpha value is -1.07. The minimum absolute atomic E-state index is 0. The van der Waals surface area contributed by atoms with Crippen LogP contribution in [-0.4, -0.2) is 11.5 Å². The summed E-state index contributed by atoms with van der Waals surface area (Å²) in [5.41, 5.74) is 0. The Balaban J connectivity index is 0.00000112. The maximum Gasteiger partial charge on any atom is 0.433 e. The van der Waals surface area contributed by atoms with Crippen LogP contribution in [0.5, 0.6) is 0 Å². The molecule has 1 aliphatic rings. The summed E-state index contributed by atoms with van der Waals surface area (Å²) < 4.78 is 5.12. The van der Waals surface area contributed by atoms with E-state index in [1.54, 1.807) is 6.07 Å². The van der Waals surface area contributed by atoms with E-state index >= 15 is 0 Å². The molecule has 0 saturated carbocycles. The van der Waals surface area contributed by atoms with Gasteiger partial charge in [0.15, 0.2) is 0 Å². The van der Waals surface area contributed by atoms with Gasteiger partial charge in [0, 0.05) is 0 Å². The molecule has 0 bridgehead atoms. The van der Waals surface area contributed by atoms with E-state index < -0.39 is 4.92 Å². The number of hydrogen-bond donors (Lipinski definition) is 1. The summed E-state index contributed by atoms with van der Waals surface area (Å²) in [6.45, 7) is 0.958. The van der Waals surface area contributed by atoms with Crippen molar-refractivity contribution in [3.05, 3.63) is 28.0 Å². The highest BCUT2D eigenvalue weighted by atomic mass is 35.5. The molecule has 0 aromatic carbocycles. The molecule has 1 aromatic rings. The first kappa shape index (κ1) is 12.0. The number of furan rings is 1. The van der Waals surface area contributed by atoms with E-state index in [1.165, 1.54) is 12.5 Å². The summed E-state index contributed by atoms with van der Waals surface area (Å²) in [5, 5.41) is 13.7. The van der Waals surface area contributed by atoms with Crippen LogP contribution in [0.15, 0.2) is 16.5 Å². The second-order valence-corrected chi connectivity index (χ2v) is 3.44. The molecule has 15 heavy (non-hydrogen) atoms. The molecule has 0 aliphatic carbocycles. The lowest BCUT2D eigenvalue weighted by Gasteiger charge is -2.20. The number of hydrogen-bond acceptors (Lipinski definition) is 4. The molecule has 0 unspecified atom stereocenters. The lowest BCUT2D eigenvalue weighted by atomic mass is 10.0. The predicted octanol–water partition coefficient (Wildman–Crippen LogP) is 2.42. The first-order chi connectivity index (χ1) is 6.77. The van der Waals surface area contributed by atoms with Gasteiger partial charge in [-0.25, -0.2) is 0 Å². The van der Waals surface area contributed by atoms with Gasteiger partial charge in [0.25, 0.3) is 0 Å². The van der Waals surface area contributed by atoms with E-state index in [9.17, 15) is 10.1 Å². The van der Waals surface area contributed by atoms with E-state index in [2.05, 4.69) is 5.32 Å². The van der Waals surface area contributed by atoms with Gasteiger partial charge in [0.05, 0.1) is 12.1 Å². The van der Waals surface area contributed by atoms with E-state index in [0.717, 1.165) is 19.4 Å². The Morgan fingerprint density at radius 2 is 2.27 bits per heavy atom. The molecular weight excluding hydrogens is 220 g/mol. The average molecular weight is 233 g/mol. The van der Waals surface area contributed by atoms with Crippen molar-refractivity contribution in [3.63, 3.8) is 0 Å². The third kappa shape index (κ3) is 2.70. The molecule has 0 amide bonds. The van der Waals surface area contributed by atoms with Crippen LogP contribution in [0.3, 0.4) is 0 Å². The lowest BCUT2D eigenvalue weighted by Crippen LogP contribution is -2.26. The van der Waals surface area contributed by atoms with Gasteiger partial charge >= 0.3 is 5.88 Å². The van der Waals surface area contributed by atoms with Crippen molar-refractivity contribution in [2.75, 3.05) is 6.54 Å². The second kappa shape index (κ2) is 5.14. The average Bonchev–Trinajstić information content (AvgIpc) is 2.68. The first-order valence-corrected chi connectivity index (χ1v) is 4.75. The maximum atomic E-state index is 10.4. The van der Waals surface area contributed by atoms with Crippen LogP contribution in [0, 0.1) is 10.1 Å². The fraction of sp³-hybridized carbons (Fsp3) is 0.556. The number of nitrogens with zero attached hydrogens (tertiary/aromatic N) is 1. The first-order valence-electron chi connectivity index (χ1n) is 4.75. The molecule has 5 nitrogen and oxygen atoms in total. The molecule has 1 aliphatic heterocycles. The highest BCUT2D eigenvalue weighted by Crippen LogP contribution is 2.26. The summed E-state index contributed by atoms with van der Waals surface area (Å²) >= 11 is 0. The number of rotatable bonds is 2. The zero-order valence-electron chi connectivity index (χ0n) is 8.14. The number of nitrogens with one attached hydrogen (secondary N) is 1. The number of nitro groups is 1. The van der Waals surface area contributed by atoms with E-state index in [4.69, 9.17) is 4.42 Å². The summed E-state index contributed by atoms with van der Waals surface area (Å²) in [7, 11) is 0. The zero-order chi connectivity index (χ0) is 9.97. The molecule has 1 N–H and O–H groups in total. The predicted molar refractivity (Wildman–Crippen MR) is 57.2 cm³/mol. The minimum Gasteiger partial charge on any atom is -0.404 e. The van der Waals surface area contributed by atoms with Crippen molar-refractivity contribution in [1.82, 2.24) is 5.32 Å². The van der Waals surface area contributed by atoms with Crippen LogP contribution in [-0.2, 0) is 0 Å². The molecule has 84 valence electrons. The molecule has 0 spiro atoms. The van der Waals surface area contributed by atoms with E-state index in [0.29, 0.717) is 5.76 Å². The van der Waals surface area contributed by atoms with Gasteiger partial charge < -0.3 is 9.73 Å². The molecule has 6 heteroatoms. The van der Waals surface area contributed by atoms with Crippen LogP contribution >= 0.6 is 12.4 Å². The van der Waals surface area contributed by atoms with Gasteiger partial charge in [-0.3, -0.25) is 10.1 Å². The number of piperidine rings is 1. The fourth-order valence-corrected chi connectivity index (χ4v) is 1.72. The van der Waals surface area contributed by atoms with Crippen LogP contribution in [0.1, 0.15) is 31.1 Å². The standard InChI is InChI=1S/C9H12N2O3.ClH/c12-11(13)9-5-4-8(14-9)7-3-1-2-6-10-7;/h4-5,7,10H,1-3,6H2;1H/t7-;/m1./s1. The Bertz CT molecular complexity index is 334. The number of halogens is 1. The SMILES string of the molecule is Cl.O=[N+]([O-])c1ccc([C@H]2CCCCN2)o1. The lowest BCUT2D eigenvalue weighted by molar-refractivity contribution is -0.402. The Morgan fingerprint density at radius 1 is 1.47 bits per heavy atom. The highest BCUT2D eigenvalue weighted by molar-refractivity contribution is 5.85. The van der Waals surface area contributed by atoms with Gasteiger partial charge in [-0.1, -0.05) is 6.42 Å². The fourth-order valence-electron chi connectivity index (χ4n) is 1.72. The largest absolute Gasteiger partial charge is 0.433 e. The van der Waals surface area contributed by atoms with Crippen molar-refractivity contribution in [2.24, 2.45) is 0 Å². The smallest absolute Gasteiger partial charge is 0.404 e. The van der Waals surface area contributed by atoms with E-state index in [1.807, 2.05) is 0 Å². The highest BCUT2D eigenvalue weighted by Gasteiger charge is 2.20. The molecule has 1 aromatic heterocycles. The van der Waals surface area contributed by atoms with Crippen molar-refractivity contribution in [2.45, 2.75) is 25.3 Å². The van der Waals surface area contributed by atoms with Crippen molar-refractivity contribution < 1.29 is 9.34 Å². The second-order valence-electron chi connectivity index (χ2n) is 3.44. The molecule has 1 fully saturated rings. The van der Waals surface area contributed by atoms with Crippen molar-refractivity contribution in [3.8, 4) is 0 Å². The summed E-state index contributed by atoms with van der Waals surface area (Å²) in [5.74, 6) is 0.503. The van der Waals surface area contributed by atoms with E-state index in [-0.39, 0.29) is 24.3 Å². The van der Waals surface area contributed by atoms with Crippen LogP contribution < -0.4 is 5.32 Å². The summed E-state index contributed by atoms with van der Waals surface area (Å²) in [4.78, 5) is 9.88. The zero-order valence-corrected chi connectivity index (χ0v) is 8.96. The van der Waals surface area contributed by atoms with Crippen LogP contribution in [0.4, 0.5) is 5.88 Å². The van der Waals surface area contributed by atoms with Gasteiger partial charge in [-0.15, -0.1) is 12.4 Å². The van der Waals surface area contributed by atoms with Crippen molar-refractivity contribution in [1.29, 1.82) is 0 Å². The Morgan fingerprint density at radius 3 is 2.80 bits per heavy atom. The molecule has 2 heterocycles. The van der Waals surface area contributed by atoms with Crippen LogP contribution in [0.2, 0.25) is 0 Å². The molecule has 2 rings (SSSR count). The molecule has 0 radical (unpaired) electrons. The quantitative estimate of drug-likeness (QED) is 0.628. The van der Waals surface area contributed by atoms with Crippen molar-refractivity contribution >= 4 is 18.3 Å². The minimum atomic E-state index is -0.508. The summed E-state index contributed by atoms with van der Waals surface area (Å²) in [6, 6.07) is 3.24. The molecule has 1 saturated heterocycles. The van der Waals surface area contributed by atoms with Gasteiger partial charge in [-0.2, -0.15) is 0 Å². The topological polar surface area (TPSA) is 68.3 Å². The van der Waals surface area contributed by atoms with Crippen LogP contribution in [0.25, 0.3) is 0 Å². The third-order valence-corrected chi connectivity index (χ3v) is 2.45. The third-order valence-electron chi connectivity index (χ3n) is 2.45.